The van der Waals surface area contributed by atoms with Crippen LogP contribution in [0.4, 0.5) is 30.4 Å². The highest BCUT2D eigenvalue weighted by Crippen LogP contribution is 2.30. The fraction of sp³-hybridized carbons (Fsp3) is 0.250. The average Bonchev–Trinajstić information content (AvgIpc) is 3.17. The van der Waals surface area contributed by atoms with Gasteiger partial charge in [-0.1, -0.05) is 0 Å². The van der Waals surface area contributed by atoms with E-state index in [2.05, 4.69) is 20.7 Å². The van der Waals surface area contributed by atoms with Gasteiger partial charge in [0.05, 0.1) is 18.5 Å². The largest absolute Gasteiger partial charge is 0.488 e. The molecular formula is C24H23F3N6O4. The van der Waals surface area contributed by atoms with E-state index in [0.717, 1.165) is 16.7 Å². The predicted molar refractivity (Wildman–Crippen MR) is 130 cm³/mol. The Morgan fingerprint density at radius 2 is 1.76 bits per heavy atom. The van der Waals surface area contributed by atoms with Gasteiger partial charge in [-0.2, -0.15) is 18.3 Å². The molecule has 194 valence electrons. The molecule has 13 heteroatoms. The number of aryl methyl sites for hydroxylation is 1. The molecule has 2 heterocycles. The van der Waals surface area contributed by atoms with E-state index in [1.165, 1.54) is 30.2 Å². The zero-order valence-corrected chi connectivity index (χ0v) is 19.8. The van der Waals surface area contributed by atoms with E-state index < -0.39 is 23.2 Å². The molecule has 4 rings (SSSR count). The number of halogens is 3. The monoisotopic (exact) mass is 516 g/mol. The van der Waals surface area contributed by atoms with Crippen LogP contribution < -0.4 is 20.9 Å². The maximum absolute atomic E-state index is 13.0. The fourth-order valence-electron chi connectivity index (χ4n) is 3.51. The standard InChI is InChI=1S/C24H23F3N6O4/c1-14(12-34)37-18-9-7-16(8-10-18)29-19(35)11-33-13-28-20-21(23(33)36)32(2)31-22(20)30-17-5-3-15(4-6-17)24(25,26)27/h3-10,13-14,34H,11-12H2,1-2H3,(H,29,35)(H,30,31)/t14-/m1/s1. The number of aliphatic hydroxyl groups is 1. The Labute approximate surface area is 208 Å². The molecule has 37 heavy (non-hydrogen) atoms. The molecule has 0 spiro atoms. The summed E-state index contributed by atoms with van der Waals surface area (Å²) in [5, 5.41) is 18.8. The highest BCUT2D eigenvalue weighted by molar-refractivity contribution is 5.91. The third-order valence-corrected chi connectivity index (χ3v) is 5.33. The van der Waals surface area contributed by atoms with E-state index in [4.69, 9.17) is 9.84 Å². The molecule has 0 unspecified atom stereocenters. The Balaban J connectivity index is 1.48. The van der Waals surface area contributed by atoms with Crippen molar-refractivity contribution in [3.63, 3.8) is 0 Å². The summed E-state index contributed by atoms with van der Waals surface area (Å²) in [5.74, 6) is 0.247. The van der Waals surface area contributed by atoms with Gasteiger partial charge in [0.1, 0.15) is 23.9 Å². The van der Waals surface area contributed by atoms with Crippen molar-refractivity contribution >= 4 is 34.1 Å². The van der Waals surface area contributed by atoms with Gasteiger partial charge in [-0.25, -0.2) is 4.98 Å². The maximum Gasteiger partial charge on any atom is 0.416 e. The van der Waals surface area contributed by atoms with Gasteiger partial charge in [0.2, 0.25) is 5.91 Å². The lowest BCUT2D eigenvalue weighted by molar-refractivity contribution is -0.137. The lowest BCUT2D eigenvalue weighted by Gasteiger charge is -2.12. The van der Waals surface area contributed by atoms with Gasteiger partial charge in [-0.15, -0.1) is 0 Å². The van der Waals surface area contributed by atoms with Crippen LogP contribution in [-0.2, 0) is 24.6 Å². The second-order valence-electron chi connectivity index (χ2n) is 8.23. The number of nitrogens with zero attached hydrogens (tertiary/aromatic N) is 4. The summed E-state index contributed by atoms with van der Waals surface area (Å²) in [4.78, 5) is 29.8. The molecule has 4 aromatic rings. The number of rotatable bonds is 8. The molecule has 0 fully saturated rings. The van der Waals surface area contributed by atoms with E-state index in [0.29, 0.717) is 17.1 Å². The van der Waals surface area contributed by atoms with E-state index in [1.807, 2.05) is 0 Å². The van der Waals surface area contributed by atoms with E-state index >= 15 is 0 Å². The first-order chi connectivity index (χ1) is 17.5. The summed E-state index contributed by atoms with van der Waals surface area (Å²) in [6, 6.07) is 10.9. The lowest BCUT2D eigenvalue weighted by Crippen LogP contribution is -2.28. The number of benzene rings is 2. The van der Waals surface area contributed by atoms with Crippen molar-refractivity contribution in [1.29, 1.82) is 0 Å². The second-order valence-corrected chi connectivity index (χ2v) is 8.23. The normalized spacial score (nSPS) is 12.4. The Bertz CT molecular complexity index is 1460. The van der Waals surface area contributed by atoms with Crippen LogP contribution in [0.2, 0.25) is 0 Å². The van der Waals surface area contributed by atoms with Crippen molar-refractivity contribution in [2.24, 2.45) is 7.05 Å². The lowest BCUT2D eigenvalue weighted by atomic mass is 10.2. The number of hydrogen-bond acceptors (Lipinski definition) is 7. The number of carbonyl (C=O) groups excluding carboxylic acids is 1. The average molecular weight is 516 g/mol. The van der Waals surface area contributed by atoms with Gasteiger partial charge in [0, 0.05) is 18.4 Å². The summed E-state index contributed by atoms with van der Waals surface area (Å²) < 4.78 is 46.3. The maximum atomic E-state index is 13.0. The summed E-state index contributed by atoms with van der Waals surface area (Å²) in [6.07, 6.45) is -3.62. The Hall–Kier alpha value is -4.39. The highest BCUT2D eigenvalue weighted by atomic mass is 19.4. The van der Waals surface area contributed by atoms with Crippen LogP contribution in [0.5, 0.6) is 5.75 Å². The molecule has 3 N–H and O–H groups in total. The molecule has 0 saturated heterocycles. The van der Waals surface area contributed by atoms with Crippen molar-refractivity contribution < 1.29 is 27.8 Å². The van der Waals surface area contributed by atoms with Crippen LogP contribution >= 0.6 is 0 Å². The van der Waals surface area contributed by atoms with Gasteiger partial charge < -0.3 is 20.5 Å². The SMILES string of the molecule is C[C@H](CO)Oc1ccc(NC(=O)Cn2cnc3c(Nc4ccc(C(F)(F)F)cc4)nn(C)c3c2=O)cc1. The minimum Gasteiger partial charge on any atom is -0.488 e. The molecule has 1 amide bonds. The number of amides is 1. The Kier molecular flexibility index (Phi) is 7.16. The quantitative estimate of drug-likeness (QED) is 0.328. The van der Waals surface area contributed by atoms with Crippen LogP contribution in [0, 0.1) is 0 Å². The van der Waals surface area contributed by atoms with Crippen LogP contribution in [0.1, 0.15) is 12.5 Å². The summed E-state index contributed by atoms with van der Waals surface area (Å²) >= 11 is 0. The number of nitrogens with one attached hydrogen (secondary N) is 2. The van der Waals surface area contributed by atoms with Crippen LogP contribution in [0.3, 0.4) is 0 Å². The van der Waals surface area contributed by atoms with Crippen molar-refractivity contribution in [1.82, 2.24) is 19.3 Å². The van der Waals surface area contributed by atoms with Gasteiger partial charge in [-0.05, 0) is 55.5 Å². The number of fused-ring (bicyclic) bond motifs is 1. The summed E-state index contributed by atoms with van der Waals surface area (Å²) in [7, 11) is 1.52. The van der Waals surface area contributed by atoms with Crippen molar-refractivity contribution in [2.45, 2.75) is 25.7 Å². The number of anilines is 3. The van der Waals surface area contributed by atoms with E-state index in [1.54, 1.807) is 31.2 Å². The highest BCUT2D eigenvalue weighted by Gasteiger charge is 2.30. The second kappa shape index (κ2) is 10.3. The minimum absolute atomic E-state index is 0.115. The molecular weight excluding hydrogens is 493 g/mol. The molecule has 1 atom stereocenters. The first-order valence-corrected chi connectivity index (χ1v) is 11.1. The van der Waals surface area contributed by atoms with Crippen LogP contribution in [0.25, 0.3) is 11.0 Å². The summed E-state index contributed by atoms with van der Waals surface area (Å²) in [5.41, 5.74) is -0.164. The molecule has 2 aromatic carbocycles. The predicted octanol–water partition coefficient (Wildman–Crippen LogP) is 3.29. The Morgan fingerprint density at radius 3 is 2.38 bits per heavy atom. The fourth-order valence-corrected chi connectivity index (χ4v) is 3.51. The first kappa shape index (κ1) is 25.7. The number of aliphatic hydroxyl groups excluding tert-OH is 1. The molecule has 0 aliphatic carbocycles. The number of hydrogen-bond donors (Lipinski definition) is 3. The van der Waals surface area contributed by atoms with E-state index in [9.17, 15) is 22.8 Å². The number of aromatic nitrogens is 4. The van der Waals surface area contributed by atoms with E-state index in [-0.39, 0.29) is 36.1 Å². The molecule has 2 aromatic heterocycles. The van der Waals surface area contributed by atoms with Crippen LogP contribution in [0.15, 0.2) is 59.7 Å². The number of ether oxygens (including phenoxy) is 1. The van der Waals surface area contributed by atoms with Gasteiger partial charge in [-0.3, -0.25) is 18.8 Å². The van der Waals surface area contributed by atoms with Gasteiger partial charge in [0.25, 0.3) is 5.56 Å². The van der Waals surface area contributed by atoms with Crippen molar-refractivity contribution in [3.05, 3.63) is 70.8 Å². The molecule has 10 nitrogen and oxygen atoms in total. The topological polar surface area (TPSA) is 123 Å². The minimum atomic E-state index is -4.45. The molecule has 0 bridgehead atoms. The molecule has 0 aliphatic heterocycles. The number of carbonyl (C=O) groups is 1. The van der Waals surface area contributed by atoms with Crippen LogP contribution in [-0.4, -0.2) is 43.1 Å². The first-order valence-electron chi connectivity index (χ1n) is 11.1. The molecule has 0 aliphatic rings. The third-order valence-electron chi connectivity index (χ3n) is 5.33. The van der Waals surface area contributed by atoms with Gasteiger partial charge in [0.15, 0.2) is 11.3 Å². The van der Waals surface area contributed by atoms with Crippen molar-refractivity contribution in [3.8, 4) is 5.75 Å². The third kappa shape index (κ3) is 5.89. The van der Waals surface area contributed by atoms with Gasteiger partial charge >= 0.3 is 6.18 Å². The molecule has 0 radical (unpaired) electrons. The van der Waals surface area contributed by atoms with Crippen molar-refractivity contribution in [2.75, 3.05) is 17.2 Å². The zero-order chi connectivity index (χ0) is 26.7. The zero-order valence-electron chi connectivity index (χ0n) is 19.8. The summed E-state index contributed by atoms with van der Waals surface area (Å²) in [6.45, 7) is 1.28. The number of alkyl halides is 3. The molecule has 0 saturated carbocycles. The Morgan fingerprint density at radius 1 is 1.11 bits per heavy atom. The smallest absolute Gasteiger partial charge is 0.416 e.